The Labute approximate surface area is 115 Å². The molecule has 20 heavy (non-hydrogen) atoms. The van der Waals surface area contributed by atoms with Gasteiger partial charge in [-0.15, -0.1) is 0 Å². The average molecular weight is 293 g/mol. The van der Waals surface area contributed by atoms with Crippen molar-refractivity contribution in [2.75, 3.05) is 0 Å². The van der Waals surface area contributed by atoms with Crippen LogP contribution in [0, 0.1) is 17.0 Å². The van der Waals surface area contributed by atoms with Crippen molar-refractivity contribution in [3.8, 4) is 11.1 Å². The number of nitro benzene ring substituents is 1. The zero-order valence-electron chi connectivity index (χ0n) is 10.5. The van der Waals surface area contributed by atoms with Crippen molar-refractivity contribution < 1.29 is 17.9 Å². The maximum atomic E-state index is 11.4. The summed E-state index contributed by atoms with van der Waals surface area (Å²) in [5.74, 6) is 0. The third-order valence-electron chi connectivity index (χ3n) is 2.86. The maximum absolute atomic E-state index is 11.4. The minimum Gasteiger partial charge on any atom is -0.282 e. The monoisotopic (exact) mass is 293 g/mol. The molecule has 0 aliphatic heterocycles. The zero-order chi connectivity index (χ0) is 14.9. The van der Waals surface area contributed by atoms with Crippen LogP contribution in [0.5, 0.6) is 0 Å². The molecule has 2 rings (SSSR count). The molecule has 0 bridgehead atoms. The third kappa shape index (κ3) is 2.54. The molecule has 0 atom stereocenters. The van der Waals surface area contributed by atoms with Gasteiger partial charge in [0.25, 0.3) is 15.8 Å². The maximum Gasteiger partial charge on any atom is 0.295 e. The van der Waals surface area contributed by atoms with Crippen LogP contribution in [-0.4, -0.2) is 17.9 Å². The predicted octanol–water partition coefficient (Wildman–Crippen LogP) is 2.82. The molecule has 2 aromatic carbocycles. The molecule has 0 aliphatic rings. The van der Waals surface area contributed by atoms with E-state index in [4.69, 9.17) is 0 Å². The molecule has 0 unspecified atom stereocenters. The minimum atomic E-state index is -4.56. The lowest BCUT2D eigenvalue weighted by Gasteiger charge is -2.10. The van der Waals surface area contributed by atoms with Crippen LogP contribution < -0.4 is 0 Å². The van der Waals surface area contributed by atoms with Crippen molar-refractivity contribution in [1.29, 1.82) is 0 Å². The SMILES string of the molecule is Cc1ccc(S(=O)(=O)O)c(-c2ccccc2)c1[N+](=O)[O-]. The van der Waals surface area contributed by atoms with Gasteiger partial charge < -0.3 is 0 Å². The number of benzene rings is 2. The zero-order valence-corrected chi connectivity index (χ0v) is 11.3. The molecule has 7 heteroatoms. The van der Waals surface area contributed by atoms with E-state index < -0.39 is 19.9 Å². The second-order valence-electron chi connectivity index (χ2n) is 4.20. The molecule has 0 heterocycles. The van der Waals surface area contributed by atoms with Gasteiger partial charge in [0.05, 0.1) is 10.5 Å². The van der Waals surface area contributed by atoms with Gasteiger partial charge in [-0.1, -0.05) is 36.4 Å². The Balaban J connectivity index is 2.94. The number of aryl methyl sites for hydroxylation is 1. The van der Waals surface area contributed by atoms with Crippen LogP contribution in [0.2, 0.25) is 0 Å². The van der Waals surface area contributed by atoms with Crippen molar-refractivity contribution in [3.05, 3.63) is 58.1 Å². The van der Waals surface area contributed by atoms with E-state index in [0.29, 0.717) is 11.1 Å². The topological polar surface area (TPSA) is 97.5 Å². The second kappa shape index (κ2) is 5.03. The van der Waals surface area contributed by atoms with Gasteiger partial charge in [-0.05, 0) is 18.6 Å². The highest BCUT2D eigenvalue weighted by Gasteiger charge is 2.27. The van der Waals surface area contributed by atoms with Crippen molar-refractivity contribution in [2.45, 2.75) is 11.8 Å². The van der Waals surface area contributed by atoms with E-state index in [1.807, 2.05) is 0 Å². The van der Waals surface area contributed by atoms with Gasteiger partial charge in [0, 0.05) is 5.56 Å². The fourth-order valence-electron chi connectivity index (χ4n) is 2.01. The molecule has 0 radical (unpaired) electrons. The summed E-state index contributed by atoms with van der Waals surface area (Å²) in [4.78, 5) is 10.1. The molecular formula is C13H11NO5S. The van der Waals surface area contributed by atoms with Gasteiger partial charge in [-0.3, -0.25) is 14.7 Å². The van der Waals surface area contributed by atoms with Gasteiger partial charge >= 0.3 is 0 Å². The fourth-order valence-corrected chi connectivity index (χ4v) is 2.72. The summed E-state index contributed by atoms with van der Waals surface area (Å²) < 4.78 is 32.2. The molecule has 0 aliphatic carbocycles. The molecule has 2 aromatic rings. The van der Waals surface area contributed by atoms with Crippen LogP contribution in [0.25, 0.3) is 11.1 Å². The Hall–Kier alpha value is -2.25. The highest BCUT2D eigenvalue weighted by molar-refractivity contribution is 7.86. The Morgan fingerprint density at radius 3 is 2.20 bits per heavy atom. The fraction of sp³-hybridized carbons (Fsp3) is 0.0769. The van der Waals surface area contributed by atoms with Gasteiger partial charge in [-0.25, -0.2) is 0 Å². The molecule has 0 fully saturated rings. The molecular weight excluding hydrogens is 282 g/mol. The van der Waals surface area contributed by atoms with Crippen LogP contribution in [0.3, 0.4) is 0 Å². The lowest BCUT2D eigenvalue weighted by molar-refractivity contribution is -0.384. The highest BCUT2D eigenvalue weighted by Crippen LogP contribution is 2.37. The number of nitro groups is 1. The van der Waals surface area contributed by atoms with Crippen molar-refractivity contribution in [3.63, 3.8) is 0 Å². The second-order valence-corrected chi connectivity index (χ2v) is 5.59. The van der Waals surface area contributed by atoms with E-state index >= 15 is 0 Å². The first-order valence-corrected chi connectivity index (χ1v) is 7.07. The molecule has 6 nitrogen and oxygen atoms in total. The standard InChI is InChI=1S/C13H11NO5S/c1-9-7-8-11(20(17,18)19)12(13(9)14(15)16)10-5-3-2-4-6-10/h2-8H,1H3,(H,17,18,19). The quantitative estimate of drug-likeness (QED) is 0.533. The highest BCUT2D eigenvalue weighted by atomic mass is 32.2. The third-order valence-corrected chi connectivity index (χ3v) is 3.76. The van der Waals surface area contributed by atoms with Gasteiger partial charge in [0.2, 0.25) is 0 Å². The number of rotatable bonds is 3. The van der Waals surface area contributed by atoms with E-state index in [1.54, 1.807) is 30.3 Å². The molecule has 0 amide bonds. The summed E-state index contributed by atoms with van der Waals surface area (Å²) in [5.41, 5.74) is 0.251. The van der Waals surface area contributed by atoms with Gasteiger partial charge in [0.15, 0.2) is 0 Å². The molecule has 0 spiro atoms. The van der Waals surface area contributed by atoms with Crippen molar-refractivity contribution in [2.24, 2.45) is 0 Å². The Morgan fingerprint density at radius 2 is 1.70 bits per heavy atom. The number of nitrogens with zero attached hydrogens (tertiary/aromatic N) is 1. The predicted molar refractivity (Wildman–Crippen MR) is 73.1 cm³/mol. The summed E-state index contributed by atoms with van der Waals surface area (Å²) in [7, 11) is -4.56. The van der Waals surface area contributed by atoms with Crippen molar-refractivity contribution >= 4 is 15.8 Å². The minimum absolute atomic E-state index is 0.0990. The Bertz CT molecular complexity index is 769. The lowest BCUT2D eigenvalue weighted by atomic mass is 10.0. The van der Waals surface area contributed by atoms with Crippen LogP contribution >= 0.6 is 0 Å². The molecule has 0 aromatic heterocycles. The Kier molecular flexibility index (Phi) is 3.56. The first kappa shape index (κ1) is 14.2. The average Bonchev–Trinajstić information content (AvgIpc) is 2.37. The Morgan fingerprint density at radius 1 is 1.10 bits per heavy atom. The van der Waals surface area contributed by atoms with E-state index in [9.17, 15) is 23.1 Å². The van der Waals surface area contributed by atoms with Gasteiger partial charge in [0.1, 0.15) is 4.90 Å². The van der Waals surface area contributed by atoms with Crippen LogP contribution in [0.4, 0.5) is 5.69 Å². The van der Waals surface area contributed by atoms with E-state index in [-0.39, 0.29) is 11.3 Å². The van der Waals surface area contributed by atoms with E-state index in [0.717, 1.165) is 0 Å². The summed E-state index contributed by atoms with van der Waals surface area (Å²) in [6.45, 7) is 1.51. The lowest BCUT2D eigenvalue weighted by Crippen LogP contribution is -2.05. The molecule has 104 valence electrons. The van der Waals surface area contributed by atoms with Crippen molar-refractivity contribution in [1.82, 2.24) is 0 Å². The van der Waals surface area contributed by atoms with Crippen LogP contribution in [0.1, 0.15) is 5.56 Å². The smallest absolute Gasteiger partial charge is 0.282 e. The first-order chi connectivity index (χ1) is 9.32. The normalized spacial score (nSPS) is 11.3. The molecule has 1 N–H and O–H groups in total. The number of hydrogen-bond acceptors (Lipinski definition) is 4. The van der Waals surface area contributed by atoms with Crippen LogP contribution in [0.15, 0.2) is 47.4 Å². The summed E-state index contributed by atoms with van der Waals surface area (Å²) in [6, 6.07) is 10.5. The van der Waals surface area contributed by atoms with Gasteiger partial charge in [-0.2, -0.15) is 8.42 Å². The van der Waals surface area contributed by atoms with E-state index in [1.165, 1.54) is 19.1 Å². The van der Waals surface area contributed by atoms with E-state index in [2.05, 4.69) is 0 Å². The summed E-state index contributed by atoms with van der Waals surface area (Å²) in [5, 5.41) is 11.2. The summed E-state index contributed by atoms with van der Waals surface area (Å²) >= 11 is 0. The molecule has 0 saturated carbocycles. The largest absolute Gasteiger partial charge is 0.295 e. The van der Waals surface area contributed by atoms with Crippen LogP contribution in [-0.2, 0) is 10.1 Å². The number of hydrogen-bond donors (Lipinski definition) is 1. The molecule has 0 saturated heterocycles. The summed E-state index contributed by atoms with van der Waals surface area (Å²) in [6.07, 6.45) is 0. The first-order valence-electron chi connectivity index (χ1n) is 5.63.